The highest BCUT2D eigenvalue weighted by molar-refractivity contribution is 9.10. The maximum Gasteiger partial charge on any atom is 0.233 e. The van der Waals surface area contributed by atoms with E-state index in [1.54, 1.807) is 6.20 Å². The van der Waals surface area contributed by atoms with Gasteiger partial charge in [0.25, 0.3) is 0 Å². The van der Waals surface area contributed by atoms with E-state index in [0.29, 0.717) is 37.7 Å². The van der Waals surface area contributed by atoms with Gasteiger partial charge in [0.05, 0.1) is 11.8 Å². The second-order valence-corrected chi connectivity index (χ2v) is 9.56. The summed E-state index contributed by atoms with van der Waals surface area (Å²) in [4.78, 5) is 17.3. The summed E-state index contributed by atoms with van der Waals surface area (Å²) in [5.74, 6) is 0.554. The molecule has 1 aromatic heterocycles. The molecule has 1 aromatic rings. The topological polar surface area (TPSA) is 94.1 Å². The fourth-order valence-corrected chi connectivity index (χ4v) is 5.08. The van der Waals surface area contributed by atoms with Crippen LogP contribution in [-0.4, -0.2) is 72.4 Å². The van der Waals surface area contributed by atoms with Gasteiger partial charge in [-0.25, -0.2) is 18.5 Å². The molecular formula is C17H27BrN4O4S. The van der Waals surface area contributed by atoms with E-state index in [4.69, 9.17) is 0 Å². The number of anilines is 1. The van der Waals surface area contributed by atoms with Gasteiger partial charge in [0.15, 0.2) is 0 Å². The van der Waals surface area contributed by atoms with Gasteiger partial charge in [0.2, 0.25) is 16.4 Å². The van der Waals surface area contributed by atoms with Crippen LogP contribution in [0.3, 0.4) is 0 Å². The molecule has 10 heteroatoms. The van der Waals surface area contributed by atoms with Crippen LogP contribution in [0.2, 0.25) is 0 Å². The Morgan fingerprint density at radius 1 is 1.30 bits per heavy atom. The maximum absolute atomic E-state index is 12.8. The average molecular weight is 463 g/mol. The standard InChI is InChI=1S/C17H27BrN4O4S/c1-2-3-4-5-16(22(24)14-23)13-27(25,26)21-10-8-20(9-11-21)17-7-6-15(18)12-19-17/h6-7,12,14,16,24H,2-5,8-11,13H2,1H3. The molecule has 1 saturated heterocycles. The van der Waals surface area contributed by atoms with Crippen molar-refractivity contribution in [2.75, 3.05) is 36.8 Å². The highest BCUT2D eigenvalue weighted by Crippen LogP contribution is 2.19. The van der Waals surface area contributed by atoms with Crippen LogP contribution >= 0.6 is 15.9 Å². The lowest BCUT2D eigenvalue weighted by atomic mass is 10.1. The first-order valence-electron chi connectivity index (χ1n) is 9.14. The van der Waals surface area contributed by atoms with Crippen LogP contribution in [-0.2, 0) is 14.8 Å². The predicted octanol–water partition coefficient (Wildman–Crippen LogP) is 2.09. The first-order chi connectivity index (χ1) is 12.9. The first-order valence-corrected chi connectivity index (χ1v) is 11.5. The summed E-state index contributed by atoms with van der Waals surface area (Å²) in [7, 11) is -3.57. The molecular weight excluding hydrogens is 436 g/mol. The number of halogens is 1. The summed E-state index contributed by atoms with van der Waals surface area (Å²) < 4.78 is 27.9. The number of hydrogen-bond donors (Lipinski definition) is 1. The van der Waals surface area contributed by atoms with Gasteiger partial charge in [-0.3, -0.25) is 10.0 Å². The van der Waals surface area contributed by atoms with E-state index in [1.807, 2.05) is 24.0 Å². The number of nitrogens with zero attached hydrogens (tertiary/aromatic N) is 4. The lowest BCUT2D eigenvalue weighted by Crippen LogP contribution is -2.51. The minimum Gasteiger partial charge on any atom is -0.354 e. The van der Waals surface area contributed by atoms with Crippen molar-refractivity contribution in [3.8, 4) is 0 Å². The molecule has 27 heavy (non-hydrogen) atoms. The minimum atomic E-state index is -3.57. The molecule has 2 heterocycles. The zero-order valence-electron chi connectivity index (χ0n) is 15.5. The molecule has 2 rings (SSSR count). The van der Waals surface area contributed by atoms with E-state index in [0.717, 1.165) is 29.6 Å². The summed E-state index contributed by atoms with van der Waals surface area (Å²) in [6.45, 7) is 3.85. The molecule has 1 unspecified atom stereocenters. The molecule has 1 fully saturated rings. The molecule has 0 bridgehead atoms. The van der Waals surface area contributed by atoms with Crippen molar-refractivity contribution in [3.05, 3.63) is 22.8 Å². The molecule has 0 aliphatic carbocycles. The van der Waals surface area contributed by atoms with Crippen molar-refractivity contribution in [3.63, 3.8) is 0 Å². The van der Waals surface area contributed by atoms with Crippen molar-refractivity contribution in [1.82, 2.24) is 14.4 Å². The van der Waals surface area contributed by atoms with Crippen LogP contribution in [0.1, 0.15) is 32.6 Å². The smallest absolute Gasteiger partial charge is 0.233 e. The van der Waals surface area contributed by atoms with Gasteiger partial charge >= 0.3 is 0 Å². The van der Waals surface area contributed by atoms with Crippen molar-refractivity contribution in [2.45, 2.75) is 38.6 Å². The van der Waals surface area contributed by atoms with Gasteiger partial charge in [-0.1, -0.05) is 26.2 Å². The summed E-state index contributed by atoms with van der Waals surface area (Å²) in [6, 6.07) is 3.08. The second-order valence-electron chi connectivity index (χ2n) is 6.63. The quantitative estimate of drug-likeness (QED) is 0.247. The third-order valence-electron chi connectivity index (χ3n) is 4.69. The molecule has 1 amide bonds. The number of hydroxylamine groups is 2. The Hall–Kier alpha value is -1.23. The number of piperazine rings is 1. The molecule has 1 aliphatic heterocycles. The van der Waals surface area contributed by atoms with Crippen molar-refractivity contribution in [1.29, 1.82) is 0 Å². The molecule has 8 nitrogen and oxygen atoms in total. The number of amides is 1. The van der Waals surface area contributed by atoms with Crippen molar-refractivity contribution >= 4 is 38.2 Å². The van der Waals surface area contributed by atoms with E-state index in [9.17, 15) is 18.4 Å². The Morgan fingerprint density at radius 3 is 2.56 bits per heavy atom. The fourth-order valence-electron chi connectivity index (χ4n) is 3.11. The molecule has 1 atom stereocenters. The SMILES string of the molecule is CCCCCC(CS(=O)(=O)N1CCN(c2ccc(Br)cn2)CC1)N(O)C=O. The lowest BCUT2D eigenvalue weighted by Gasteiger charge is -2.35. The highest BCUT2D eigenvalue weighted by Gasteiger charge is 2.31. The van der Waals surface area contributed by atoms with E-state index in [2.05, 4.69) is 20.9 Å². The number of hydrogen-bond acceptors (Lipinski definition) is 6. The van der Waals surface area contributed by atoms with Gasteiger partial charge in [0.1, 0.15) is 5.82 Å². The molecule has 0 aromatic carbocycles. The number of pyridine rings is 1. The maximum atomic E-state index is 12.8. The fraction of sp³-hybridized carbons (Fsp3) is 0.647. The van der Waals surface area contributed by atoms with Gasteiger partial charge in [-0.2, -0.15) is 4.31 Å². The zero-order chi connectivity index (χ0) is 19.9. The predicted molar refractivity (Wildman–Crippen MR) is 107 cm³/mol. The van der Waals surface area contributed by atoms with Gasteiger partial charge in [-0.15, -0.1) is 0 Å². The Balaban J connectivity index is 1.95. The Kier molecular flexibility index (Phi) is 8.46. The molecule has 0 radical (unpaired) electrons. The summed E-state index contributed by atoms with van der Waals surface area (Å²) >= 11 is 3.35. The average Bonchev–Trinajstić information content (AvgIpc) is 2.67. The Bertz CT molecular complexity index is 693. The first kappa shape index (κ1) is 22.1. The molecule has 0 saturated carbocycles. The van der Waals surface area contributed by atoms with Crippen LogP contribution in [0.5, 0.6) is 0 Å². The highest BCUT2D eigenvalue weighted by atomic mass is 79.9. The number of unbranched alkanes of at least 4 members (excludes halogenated alkanes) is 2. The zero-order valence-corrected chi connectivity index (χ0v) is 17.9. The van der Waals surface area contributed by atoms with Crippen molar-refractivity contribution in [2.24, 2.45) is 0 Å². The van der Waals surface area contributed by atoms with Gasteiger partial charge in [-0.05, 0) is 34.5 Å². The van der Waals surface area contributed by atoms with Crippen LogP contribution < -0.4 is 4.90 Å². The number of carbonyl (C=O) groups is 1. The number of sulfonamides is 1. The Labute approximate surface area is 169 Å². The van der Waals surface area contributed by atoms with E-state index in [-0.39, 0.29) is 12.2 Å². The largest absolute Gasteiger partial charge is 0.354 e. The Morgan fingerprint density at radius 2 is 2.00 bits per heavy atom. The second kappa shape index (κ2) is 10.4. The summed E-state index contributed by atoms with van der Waals surface area (Å²) in [5, 5.41) is 10.2. The van der Waals surface area contributed by atoms with Crippen LogP contribution in [0, 0.1) is 0 Å². The van der Waals surface area contributed by atoms with E-state index >= 15 is 0 Å². The molecule has 152 valence electrons. The third-order valence-corrected chi connectivity index (χ3v) is 7.12. The van der Waals surface area contributed by atoms with Crippen LogP contribution in [0.15, 0.2) is 22.8 Å². The minimum absolute atomic E-state index is 0.261. The summed E-state index contributed by atoms with van der Waals surface area (Å²) in [5.41, 5.74) is 0. The van der Waals surface area contributed by atoms with Gasteiger partial charge < -0.3 is 4.90 Å². The van der Waals surface area contributed by atoms with E-state index in [1.165, 1.54) is 4.31 Å². The van der Waals surface area contributed by atoms with Crippen LogP contribution in [0.25, 0.3) is 0 Å². The summed E-state index contributed by atoms with van der Waals surface area (Å²) in [6.07, 6.45) is 5.15. The van der Waals surface area contributed by atoms with Crippen molar-refractivity contribution < 1.29 is 18.4 Å². The number of carbonyl (C=O) groups excluding carboxylic acids is 1. The molecule has 1 aliphatic rings. The molecule has 0 spiro atoms. The van der Waals surface area contributed by atoms with Crippen LogP contribution in [0.4, 0.5) is 5.82 Å². The lowest BCUT2D eigenvalue weighted by molar-refractivity contribution is -0.158. The molecule has 1 N–H and O–H groups in total. The number of rotatable bonds is 10. The van der Waals surface area contributed by atoms with Gasteiger partial charge in [0, 0.05) is 36.8 Å². The number of aromatic nitrogens is 1. The van der Waals surface area contributed by atoms with E-state index < -0.39 is 16.1 Å². The normalized spacial score (nSPS) is 16.9. The third kappa shape index (κ3) is 6.41. The monoisotopic (exact) mass is 462 g/mol.